The van der Waals surface area contributed by atoms with E-state index in [9.17, 15) is 36.0 Å². The van der Waals surface area contributed by atoms with E-state index in [-0.39, 0.29) is 53.7 Å². The molecular formula is C45H32Br2N2O12S2. The summed E-state index contributed by atoms with van der Waals surface area (Å²) in [5.74, 6) is -2.41. The van der Waals surface area contributed by atoms with Crippen molar-refractivity contribution in [2.24, 2.45) is 0 Å². The molecule has 0 radical (unpaired) electrons. The molecule has 0 fully saturated rings. The predicted octanol–water partition coefficient (Wildman–Crippen LogP) is 9.22. The monoisotopic (exact) mass is 1010 g/mol. The van der Waals surface area contributed by atoms with Gasteiger partial charge in [0.2, 0.25) is 0 Å². The van der Waals surface area contributed by atoms with Crippen LogP contribution < -0.4 is 9.47 Å². The number of alkyl halides is 2. The number of fused-ring (bicyclic) bond motifs is 2. The van der Waals surface area contributed by atoms with Crippen LogP contribution >= 0.6 is 31.9 Å². The van der Waals surface area contributed by atoms with Crippen LogP contribution in [0.1, 0.15) is 77.5 Å². The molecule has 4 amide bonds. The lowest BCUT2D eigenvalue weighted by Gasteiger charge is -2.26. The normalized spacial score (nSPS) is 14.0. The number of hydrogen-bond acceptors (Lipinski definition) is 12. The summed E-state index contributed by atoms with van der Waals surface area (Å²) in [6.45, 7) is 4.06. The van der Waals surface area contributed by atoms with Crippen LogP contribution in [0.25, 0.3) is 0 Å². The molecule has 0 N–H and O–H groups in total. The van der Waals surface area contributed by atoms with Crippen LogP contribution in [-0.2, 0) is 44.9 Å². The largest absolute Gasteiger partial charge is 0.457 e. The minimum atomic E-state index is -4.49. The maximum Gasteiger partial charge on any atom is 0.318 e. The number of carbonyl (C=O) groups excluding carboxylic acids is 4. The summed E-state index contributed by atoms with van der Waals surface area (Å²) in [6.07, 6.45) is 0. The smallest absolute Gasteiger partial charge is 0.318 e. The van der Waals surface area contributed by atoms with Gasteiger partial charge in [-0.3, -0.25) is 19.2 Å². The summed E-state index contributed by atoms with van der Waals surface area (Å²) < 4.78 is 73.6. The highest BCUT2D eigenvalue weighted by atomic mass is 79.9. The van der Waals surface area contributed by atoms with E-state index in [1.165, 1.54) is 60.7 Å². The van der Waals surface area contributed by atoms with Gasteiger partial charge in [-0.05, 0) is 107 Å². The highest BCUT2D eigenvalue weighted by Gasteiger charge is 2.42. The minimum Gasteiger partial charge on any atom is -0.457 e. The van der Waals surface area contributed by atoms with Crippen molar-refractivity contribution in [2.45, 2.75) is 39.7 Å². The Morgan fingerprint density at radius 3 is 1.10 bits per heavy atom. The number of nitrogens with zero attached hydrogens (tertiary/aromatic N) is 2. The zero-order valence-corrected chi connectivity index (χ0v) is 37.8. The lowest BCUT2D eigenvalue weighted by molar-refractivity contribution is -0.0107. The van der Waals surface area contributed by atoms with Crippen LogP contribution in [0.15, 0.2) is 143 Å². The van der Waals surface area contributed by atoms with Gasteiger partial charge in [-0.15, -0.1) is 18.7 Å². The van der Waals surface area contributed by atoms with Crippen molar-refractivity contribution < 1.29 is 54.1 Å². The summed E-state index contributed by atoms with van der Waals surface area (Å²) in [5, 5.41) is 1.48. The quantitative estimate of drug-likeness (QED) is 0.0747. The highest BCUT2D eigenvalue weighted by molar-refractivity contribution is 9.08. The summed E-state index contributed by atoms with van der Waals surface area (Å²) in [6, 6.07) is 34.5. The van der Waals surface area contributed by atoms with Crippen LogP contribution in [0.5, 0.6) is 23.0 Å². The second-order valence-electron chi connectivity index (χ2n) is 14.7. The summed E-state index contributed by atoms with van der Waals surface area (Å²) in [7, 11) is -8.98. The van der Waals surface area contributed by atoms with Gasteiger partial charge < -0.3 is 9.47 Å². The Bertz CT molecular complexity index is 2850. The van der Waals surface area contributed by atoms with Gasteiger partial charge in [-0.1, -0.05) is 94.2 Å². The molecule has 0 spiro atoms. The molecule has 0 saturated carbocycles. The lowest BCUT2D eigenvalue weighted by atomic mass is 9.78. The van der Waals surface area contributed by atoms with E-state index >= 15 is 0 Å². The third-order valence-corrected chi connectivity index (χ3v) is 14.0. The minimum absolute atomic E-state index is 0.0371. The first-order valence-corrected chi connectivity index (χ1v) is 23.9. The molecule has 2 aliphatic heterocycles. The molecule has 0 bridgehead atoms. The fraction of sp³-hybridized carbons (Fsp3) is 0.111. The Balaban J connectivity index is 0.899. The molecular weight excluding hydrogens is 984 g/mol. The Labute approximate surface area is 378 Å². The van der Waals surface area contributed by atoms with Gasteiger partial charge in [-0.25, -0.2) is 0 Å². The second-order valence-corrected chi connectivity index (χ2v) is 18.9. The maximum absolute atomic E-state index is 13.2. The van der Waals surface area contributed by atoms with Crippen LogP contribution in [0.4, 0.5) is 0 Å². The standard InChI is InChI=1S/C45H32Br2N2O12S2/c1-45(2,29-7-11-31(12-8-29)58-33-15-21-37-39(23-33)43(52)48(41(37)50)60-62(54,55)35-17-3-27(25-46)4-18-35)30-9-13-32(14-10-30)59-34-16-22-38-40(24-34)44(53)49(42(38)51)61-63(56,57)36-19-5-28(26-47)6-20-36/h3-24H,25-26H2,1-2H3. The molecule has 0 saturated heterocycles. The number of halogens is 2. The zero-order valence-electron chi connectivity index (χ0n) is 33.0. The van der Waals surface area contributed by atoms with Crippen molar-refractivity contribution in [1.82, 2.24) is 10.1 Å². The van der Waals surface area contributed by atoms with Gasteiger partial charge in [-0.2, -0.15) is 16.8 Å². The molecule has 2 heterocycles. The number of amides is 4. The van der Waals surface area contributed by atoms with Crippen LogP contribution in [0.3, 0.4) is 0 Å². The van der Waals surface area contributed by atoms with Crippen molar-refractivity contribution in [2.75, 3.05) is 0 Å². The number of imide groups is 2. The molecule has 6 aromatic rings. The van der Waals surface area contributed by atoms with E-state index < -0.39 is 49.3 Å². The van der Waals surface area contributed by atoms with E-state index in [0.29, 0.717) is 22.2 Å². The van der Waals surface area contributed by atoms with Crippen molar-refractivity contribution in [1.29, 1.82) is 0 Å². The summed E-state index contributed by atoms with van der Waals surface area (Å²) in [5.41, 5.74) is 2.77. The SMILES string of the molecule is CC(C)(c1ccc(Oc2ccc3c(c2)C(=O)N(OS(=O)(=O)c2ccc(CBr)cc2)C3=O)cc1)c1ccc(Oc2ccc3c(c2)C(=O)N(OS(=O)(=O)c2ccc(CBr)cc2)C3=O)cc1. The van der Waals surface area contributed by atoms with Crippen molar-refractivity contribution in [3.8, 4) is 23.0 Å². The molecule has 18 heteroatoms. The van der Waals surface area contributed by atoms with E-state index in [1.54, 1.807) is 48.5 Å². The van der Waals surface area contributed by atoms with Gasteiger partial charge in [0, 0.05) is 16.1 Å². The summed E-state index contributed by atoms with van der Waals surface area (Å²) >= 11 is 6.59. The van der Waals surface area contributed by atoms with E-state index in [1.807, 2.05) is 38.1 Å². The Morgan fingerprint density at radius 1 is 0.444 bits per heavy atom. The van der Waals surface area contributed by atoms with Crippen molar-refractivity contribution in [3.05, 3.63) is 178 Å². The molecule has 63 heavy (non-hydrogen) atoms. The molecule has 0 aromatic heterocycles. The van der Waals surface area contributed by atoms with E-state index in [2.05, 4.69) is 31.9 Å². The topological polar surface area (TPSA) is 180 Å². The number of benzene rings is 6. The average molecular weight is 1020 g/mol. The van der Waals surface area contributed by atoms with Gasteiger partial charge in [0.05, 0.1) is 32.0 Å². The van der Waals surface area contributed by atoms with E-state index in [4.69, 9.17) is 18.0 Å². The number of rotatable bonds is 14. The highest BCUT2D eigenvalue weighted by Crippen LogP contribution is 2.37. The first-order chi connectivity index (χ1) is 30.0. The first-order valence-electron chi connectivity index (χ1n) is 18.8. The van der Waals surface area contributed by atoms with Crippen molar-refractivity contribution >= 4 is 75.7 Å². The molecule has 6 aromatic carbocycles. The van der Waals surface area contributed by atoms with Crippen LogP contribution in [-0.4, -0.2) is 50.6 Å². The van der Waals surface area contributed by atoms with Crippen LogP contribution in [0.2, 0.25) is 0 Å². The molecule has 0 aliphatic carbocycles. The van der Waals surface area contributed by atoms with Gasteiger partial charge in [0.1, 0.15) is 23.0 Å². The van der Waals surface area contributed by atoms with E-state index in [0.717, 1.165) is 22.3 Å². The molecule has 0 atom stereocenters. The molecule has 320 valence electrons. The summed E-state index contributed by atoms with van der Waals surface area (Å²) in [4.78, 5) is 51.9. The van der Waals surface area contributed by atoms with Crippen LogP contribution in [0, 0.1) is 0 Å². The lowest BCUT2D eigenvalue weighted by Crippen LogP contribution is -2.32. The number of ether oxygens (including phenoxy) is 2. The molecule has 0 unspecified atom stereocenters. The number of hydrogen-bond donors (Lipinski definition) is 0. The molecule has 2 aliphatic rings. The van der Waals surface area contributed by atoms with Gasteiger partial charge in [0.25, 0.3) is 23.6 Å². The van der Waals surface area contributed by atoms with Gasteiger partial charge in [0.15, 0.2) is 0 Å². The Morgan fingerprint density at radius 2 is 0.762 bits per heavy atom. The number of hydroxylamine groups is 4. The van der Waals surface area contributed by atoms with Gasteiger partial charge >= 0.3 is 20.2 Å². The number of carbonyl (C=O) groups is 4. The fourth-order valence-corrected chi connectivity index (χ4v) is 9.27. The predicted molar refractivity (Wildman–Crippen MR) is 234 cm³/mol. The maximum atomic E-state index is 13.2. The average Bonchev–Trinajstić information content (AvgIpc) is 3.65. The molecule has 8 rings (SSSR count). The Hall–Kier alpha value is -6.02. The molecule has 14 nitrogen and oxygen atoms in total. The fourth-order valence-electron chi connectivity index (χ4n) is 6.75. The van der Waals surface area contributed by atoms with Crippen molar-refractivity contribution in [3.63, 3.8) is 0 Å². The zero-order chi connectivity index (χ0) is 44.8. The second kappa shape index (κ2) is 16.9. The Kier molecular flexibility index (Phi) is 11.7. The third kappa shape index (κ3) is 8.57. The first kappa shape index (κ1) is 43.6. The third-order valence-electron chi connectivity index (χ3n) is 10.3.